The third-order valence-corrected chi connectivity index (χ3v) is 0. The van der Waals surface area contributed by atoms with E-state index >= 15 is 0 Å². The van der Waals surface area contributed by atoms with Crippen LogP contribution < -0.4 is 46.3 Å². The van der Waals surface area contributed by atoms with Gasteiger partial charge in [-0.2, -0.15) is 0 Å². The second-order valence-electron chi connectivity index (χ2n) is 0.492. The molecule has 0 unspecified atom stereocenters. The molecule has 0 saturated heterocycles. The average Bonchev–Trinajstić information content (AvgIpc) is 1.41. The molecule has 0 heterocycles. The molecule has 0 aromatic heterocycles. The average molecular weight is 114 g/mol. The van der Waals surface area contributed by atoms with E-state index in [0.29, 0.717) is 0 Å². The second-order valence-corrected chi connectivity index (χ2v) is 0.492. The zero-order chi connectivity index (χ0) is 5.58. The molecule has 0 aromatic rings. The van der Waals surface area contributed by atoms with E-state index in [-0.39, 0.29) is 29.6 Å². The van der Waals surface area contributed by atoms with Crippen LogP contribution in [-0.4, -0.2) is 5.97 Å². The Morgan fingerprint density at radius 3 is 1.57 bits per heavy atom. The third kappa shape index (κ3) is 810. The smallest absolute Gasteiger partial charge is 0.550 e. The van der Waals surface area contributed by atoms with Crippen LogP contribution in [0.15, 0.2) is 0 Å². The number of hydrogen-bond donors (Lipinski definition) is 2. The number of carbonyl (C=O) groups is 1. The minimum Gasteiger partial charge on any atom is -0.550 e. The largest absolute Gasteiger partial charge is 1.00 e. The molecule has 7 heavy (non-hydrogen) atoms. The first-order chi connectivity index (χ1) is 2.73. The van der Waals surface area contributed by atoms with Crippen molar-refractivity contribution in [2.24, 2.45) is 11.7 Å². The molecule has 0 rings (SSSR count). The molecule has 0 fully saturated rings. The van der Waals surface area contributed by atoms with Gasteiger partial charge >= 0.3 is 29.6 Å². The van der Waals surface area contributed by atoms with Crippen LogP contribution in [0, 0.1) is 0 Å². The molecule has 0 bridgehead atoms. The van der Waals surface area contributed by atoms with Gasteiger partial charge in [0.2, 0.25) is 0 Å². The van der Waals surface area contributed by atoms with E-state index < -0.39 is 5.97 Å². The monoisotopic (exact) mass is 114 g/mol. The van der Waals surface area contributed by atoms with Crippen molar-refractivity contribution in [1.29, 1.82) is 0 Å². The maximum Gasteiger partial charge on any atom is 1.00 e. The van der Waals surface area contributed by atoms with E-state index in [4.69, 9.17) is 9.90 Å². The van der Waals surface area contributed by atoms with Gasteiger partial charge in [0.05, 0.1) is 0 Å². The molecule has 0 radical (unpaired) electrons. The normalized spacial score (nSPS) is 4.43. The molecular formula is C2H7N2NaO2. The number of carboxylic acids is 1. The molecule has 0 aliphatic heterocycles. The molecule has 0 amide bonds. The van der Waals surface area contributed by atoms with Gasteiger partial charge in [0, 0.05) is 5.97 Å². The minimum absolute atomic E-state index is 0. The molecule has 0 atom stereocenters. The van der Waals surface area contributed by atoms with Gasteiger partial charge in [-0.1, -0.05) is 0 Å². The first-order valence-corrected chi connectivity index (χ1v) is 1.24. The van der Waals surface area contributed by atoms with Crippen molar-refractivity contribution < 1.29 is 39.5 Å². The van der Waals surface area contributed by atoms with Gasteiger partial charge in [-0.05, 0) is 6.92 Å². The third-order valence-electron chi connectivity index (χ3n) is 0. The van der Waals surface area contributed by atoms with Gasteiger partial charge in [-0.15, -0.1) is 0 Å². The number of aliphatic carboxylic acids is 1. The van der Waals surface area contributed by atoms with E-state index in [1.807, 2.05) is 0 Å². The molecule has 0 aliphatic rings. The SMILES string of the molecule is CC(=O)[O-].NN.[Na+]. The molecule has 0 saturated carbocycles. The Labute approximate surface area is 64.1 Å². The van der Waals surface area contributed by atoms with Gasteiger partial charge in [-0.25, -0.2) is 0 Å². The number of hydrogen-bond acceptors (Lipinski definition) is 4. The summed E-state index contributed by atoms with van der Waals surface area (Å²) < 4.78 is 0. The predicted molar refractivity (Wildman–Crippen MR) is 19.1 cm³/mol. The predicted octanol–water partition coefficient (Wildman–Crippen LogP) is -5.42. The fourth-order valence-electron chi connectivity index (χ4n) is 0. The first-order valence-electron chi connectivity index (χ1n) is 1.24. The quantitative estimate of drug-likeness (QED) is 0.187. The van der Waals surface area contributed by atoms with Crippen LogP contribution in [0.4, 0.5) is 0 Å². The van der Waals surface area contributed by atoms with Crippen LogP contribution in [0.25, 0.3) is 0 Å². The molecule has 0 aromatic carbocycles. The molecule has 38 valence electrons. The van der Waals surface area contributed by atoms with Gasteiger partial charge in [0.1, 0.15) is 0 Å². The topological polar surface area (TPSA) is 92.2 Å². The van der Waals surface area contributed by atoms with Gasteiger partial charge in [0.15, 0.2) is 0 Å². The molecule has 4 nitrogen and oxygen atoms in total. The van der Waals surface area contributed by atoms with Crippen LogP contribution in [0.2, 0.25) is 0 Å². The second kappa shape index (κ2) is 16.2. The molecule has 0 spiro atoms. The van der Waals surface area contributed by atoms with E-state index in [0.717, 1.165) is 6.92 Å². The van der Waals surface area contributed by atoms with Crippen molar-refractivity contribution in [2.75, 3.05) is 0 Å². The summed E-state index contributed by atoms with van der Waals surface area (Å²) in [6.07, 6.45) is 0. The zero-order valence-electron chi connectivity index (χ0n) is 4.47. The maximum absolute atomic E-state index is 8.89. The van der Waals surface area contributed by atoms with Crippen molar-refractivity contribution in [3.8, 4) is 0 Å². The van der Waals surface area contributed by atoms with Crippen molar-refractivity contribution in [3.05, 3.63) is 0 Å². The summed E-state index contributed by atoms with van der Waals surface area (Å²) in [5.74, 6) is 6.92. The summed E-state index contributed by atoms with van der Waals surface area (Å²) in [7, 11) is 0. The fourth-order valence-corrected chi connectivity index (χ4v) is 0. The van der Waals surface area contributed by atoms with E-state index in [1.54, 1.807) is 0 Å². The first kappa shape index (κ1) is 15.7. The van der Waals surface area contributed by atoms with E-state index in [9.17, 15) is 0 Å². The number of rotatable bonds is 0. The van der Waals surface area contributed by atoms with Crippen molar-refractivity contribution in [1.82, 2.24) is 0 Å². The molecule has 0 aliphatic carbocycles. The van der Waals surface area contributed by atoms with Gasteiger partial charge < -0.3 is 9.90 Å². The summed E-state index contributed by atoms with van der Waals surface area (Å²) in [4.78, 5) is 8.89. The summed E-state index contributed by atoms with van der Waals surface area (Å²) >= 11 is 0. The van der Waals surface area contributed by atoms with Crippen molar-refractivity contribution in [3.63, 3.8) is 0 Å². The number of carbonyl (C=O) groups excluding carboxylic acids is 1. The Hall–Kier alpha value is 0.390. The Morgan fingerprint density at radius 1 is 1.57 bits per heavy atom. The molecule has 4 N–H and O–H groups in total. The summed E-state index contributed by atoms with van der Waals surface area (Å²) in [6.45, 7) is 0.972. The summed E-state index contributed by atoms with van der Waals surface area (Å²) in [5.41, 5.74) is 0. The van der Waals surface area contributed by atoms with E-state index in [1.165, 1.54) is 0 Å². The molecular weight excluding hydrogens is 107 g/mol. The molecule has 5 heteroatoms. The summed E-state index contributed by atoms with van der Waals surface area (Å²) in [5, 5.41) is 8.89. The standard InChI is InChI=1S/C2H4O2.H4N2.Na/c1-2(3)4;1-2;/h1H3,(H,3,4);1-2H2;/q;;+1/p-1. The van der Waals surface area contributed by atoms with Gasteiger partial charge in [-0.3, -0.25) is 11.7 Å². The van der Waals surface area contributed by atoms with Crippen LogP contribution in [0.3, 0.4) is 0 Å². The Balaban J connectivity index is -0.0000000480. The fraction of sp³-hybridized carbons (Fsp3) is 0.500. The number of carboxylic acid groups (broad SMARTS) is 1. The number of nitrogens with two attached hydrogens (primary N) is 2. The Morgan fingerprint density at radius 2 is 1.57 bits per heavy atom. The maximum atomic E-state index is 8.89. The van der Waals surface area contributed by atoms with Crippen LogP contribution in [-0.2, 0) is 4.79 Å². The van der Waals surface area contributed by atoms with Crippen LogP contribution in [0.1, 0.15) is 6.92 Å². The minimum atomic E-state index is -1.08. The van der Waals surface area contributed by atoms with E-state index in [2.05, 4.69) is 11.7 Å². The Kier molecular flexibility index (Phi) is 36.1. The zero-order valence-corrected chi connectivity index (χ0v) is 6.47. The number of hydrazine groups is 1. The Bertz CT molecular complexity index is 36.7. The van der Waals surface area contributed by atoms with Crippen LogP contribution in [0.5, 0.6) is 0 Å². The summed E-state index contributed by atoms with van der Waals surface area (Å²) in [6, 6.07) is 0. The van der Waals surface area contributed by atoms with Crippen molar-refractivity contribution >= 4 is 5.97 Å². The van der Waals surface area contributed by atoms with Gasteiger partial charge in [0.25, 0.3) is 0 Å². The van der Waals surface area contributed by atoms with Crippen molar-refractivity contribution in [2.45, 2.75) is 6.92 Å². The van der Waals surface area contributed by atoms with Crippen LogP contribution >= 0.6 is 0 Å².